The third kappa shape index (κ3) is 2.87. The predicted molar refractivity (Wildman–Crippen MR) is 105 cm³/mol. The van der Waals surface area contributed by atoms with Crippen molar-refractivity contribution in [3.63, 3.8) is 0 Å². The summed E-state index contributed by atoms with van der Waals surface area (Å²) < 4.78 is 40.4. The molecule has 1 saturated carbocycles. The normalized spacial score (nSPS) is 22.0. The number of fused-ring (bicyclic) bond motifs is 5. The molecular weight excluding hydrogens is 413 g/mol. The van der Waals surface area contributed by atoms with Crippen molar-refractivity contribution in [3.8, 4) is 17.4 Å². The van der Waals surface area contributed by atoms with Gasteiger partial charge in [0.15, 0.2) is 0 Å². The Labute approximate surface area is 174 Å². The minimum Gasteiger partial charge on any atom is -0.494 e. The lowest BCUT2D eigenvalue weighted by molar-refractivity contribution is -0.384. The van der Waals surface area contributed by atoms with Crippen molar-refractivity contribution in [3.05, 3.63) is 80.9 Å². The summed E-state index contributed by atoms with van der Waals surface area (Å²) in [6, 6.07) is 10.7. The van der Waals surface area contributed by atoms with E-state index in [4.69, 9.17) is 0 Å². The van der Waals surface area contributed by atoms with Crippen LogP contribution in [0, 0.1) is 10.1 Å². The first-order valence-electron chi connectivity index (χ1n) is 9.75. The Hall–Kier alpha value is -3.49. The molecule has 3 atom stereocenters. The molecule has 2 N–H and O–H groups in total. The Morgan fingerprint density at radius 2 is 1.61 bits per heavy atom. The Balaban J connectivity index is 1.55. The first kappa shape index (κ1) is 19.5. The van der Waals surface area contributed by atoms with E-state index in [1.165, 1.54) is 24.3 Å². The van der Waals surface area contributed by atoms with Gasteiger partial charge in [-0.1, -0.05) is 18.2 Å². The van der Waals surface area contributed by atoms with Gasteiger partial charge in [0.05, 0.1) is 16.2 Å². The molecule has 2 aliphatic carbocycles. The molecule has 0 amide bonds. The van der Waals surface area contributed by atoms with E-state index in [1.54, 1.807) is 12.1 Å². The van der Waals surface area contributed by atoms with Crippen LogP contribution in [0.4, 0.5) is 18.9 Å². The maximum Gasteiger partial charge on any atom is 0.416 e. The quantitative estimate of drug-likeness (QED) is 0.420. The lowest BCUT2D eigenvalue weighted by atomic mass is 9.81. The van der Waals surface area contributed by atoms with Gasteiger partial charge in [0.25, 0.3) is 5.69 Å². The van der Waals surface area contributed by atoms with Crippen LogP contribution >= 0.6 is 0 Å². The van der Waals surface area contributed by atoms with Gasteiger partial charge in [-0.15, -0.1) is 0 Å². The summed E-state index contributed by atoms with van der Waals surface area (Å²) in [7, 11) is 0. The summed E-state index contributed by atoms with van der Waals surface area (Å²) in [6.45, 7) is 0. The average molecular weight is 430 g/mol. The molecule has 160 valence electrons. The van der Waals surface area contributed by atoms with Gasteiger partial charge in [-0.25, -0.2) is 0 Å². The summed E-state index contributed by atoms with van der Waals surface area (Å²) in [6.07, 6.45) is -3.15. The zero-order chi connectivity index (χ0) is 22.1. The molecule has 1 heterocycles. The molecule has 0 saturated heterocycles. The van der Waals surface area contributed by atoms with Gasteiger partial charge in [0.2, 0.25) is 11.8 Å². The van der Waals surface area contributed by atoms with E-state index in [0.717, 1.165) is 22.3 Å². The molecule has 1 fully saturated rings. The molecular formula is C22H17F3N2O4. The number of benzene rings is 2. The smallest absolute Gasteiger partial charge is 0.416 e. The molecule has 3 aromatic rings. The number of nitrogens with zero attached hydrogens (tertiary/aromatic N) is 2. The van der Waals surface area contributed by atoms with Crippen LogP contribution < -0.4 is 0 Å². The zero-order valence-electron chi connectivity index (χ0n) is 16.0. The molecule has 5 rings (SSSR count). The highest BCUT2D eigenvalue weighted by Gasteiger charge is 2.50. The third-order valence-corrected chi connectivity index (χ3v) is 6.50. The Bertz CT molecular complexity index is 1200. The highest BCUT2D eigenvalue weighted by atomic mass is 19.4. The van der Waals surface area contributed by atoms with Crippen LogP contribution in [0.25, 0.3) is 5.69 Å². The lowest BCUT2D eigenvalue weighted by Crippen LogP contribution is -2.08. The number of alkyl halides is 3. The van der Waals surface area contributed by atoms with Crippen molar-refractivity contribution in [1.29, 1.82) is 0 Å². The van der Waals surface area contributed by atoms with Crippen molar-refractivity contribution in [2.24, 2.45) is 0 Å². The standard InChI is InChI=1S/C22H17F3N2O4/c23-22(24,25)13-2-1-3-15(10-13)26-20(28)18-12-8-16(17(9-12)19(18)21(26)29)11-4-6-14(7-5-11)27(30)31/h1-7,10,12,16-17,28-29H,8-9H2/t12?,16-,17?/m1/s1. The Morgan fingerprint density at radius 3 is 2.26 bits per heavy atom. The molecule has 6 nitrogen and oxygen atoms in total. The van der Waals surface area contributed by atoms with Gasteiger partial charge >= 0.3 is 6.18 Å². The van der Waals surface area contributed by atoms with Crippen LogP contribution in [0.3, 0.4) is 0 Å². The summed E-state index contributed by atoms with van der Waals surface area (Å²) in [5.74, 6) is -0.661. The Morgan fingerprint density at radius 1 is 0.968 bits per heavy atom. The minimum atomic E-state index is -4.54. The molecule has 31 heavy (non-hydrogen) atoms. The molecule has 2 aromatic carbocycles. The summed E-state index contributed by atoms with van der Waals surface area (Å²) in [4.78, 5) is 10.4. The maximum atomic E-state index is 13.1. The number of hydrogen-bond acceptors (Lipinski definition) is 4. The molecule has 0 radical (unpaired) electrons. The van der Waals surface area contributed by atoms with Crippen molar-refractivity contribution >= 4 is 5.69 Å². The van der Waals surface area contributed by atoms with Crippen LogP contribution in [-0.2, 0) is 6.18 Å². The van der Waals surface area contributed by atoms with E-state index >= 15 is 0 Å². The van der Waals surface area contributed by atoms with E-state index in [0.29, 0.717) is 24.0 Å². The van der Waals surface area contributed by atoms with Crippen LogP contribution in [0.5, 0.6) is 11.8 Å². The van der Waals surface area contributed by atoms with Gasteiger partial charge in [0, 0.05) is 23.3 Å². The largest absolute Gasteiger partial charge is 0.494 e. The number of nitro benzene ring substituents is 1. The average Bonchev–Trinajstić information content (AvgIpc) is 3.39. The number of aromatic nitrogens is 1. The minimum absolute atomic E-state index is 0.000892. The maximum absolute atomic E-state index is 13.1. The molecule has 9 heteroatoms. The first-order chi connectivity index (χ1) is 14.7. The van der Waals surface area contributed by atoms with Crippen LogP contribution in [0.15, 0.2) is 48.5 Å². The molecule has 0 aliphatic heterocycles. The molecule has 2 aliphatic rings. The first-order valence-corrected chi connectivity index (χ1v) is 9.75. The topological polar surface area (TPSA) is 88.5 Å². The number of hydrogen-bond donors (Lipinski definition) is 2. The zero-order valence-corrected chi connectivity index (χ0v) is 16.0. The fourth-order valence-corrected chi connectivity index (χ4v) is 5.22. The second kappa shape index (κ2) is 6.50. The summed E-state index contributed by atoms with van der Waals surface area (Å²) in [5, 5.41) is 32.6. The van der Waals surface area contributed by atoms with E-state index in [-0.39, 0.29) is 40.9 Å². The summed E-state index contributed by atoms with van der Waals surface area (Å²) >= 11 is 0. The second-order valence-corrected chi connectivity index (χ2v) is 8.09. The van der Waals surface area contributed by atoms with E-state index in [2.05, 4.69) is 0 Å². The lowest BCUT2D eigenvalue weighted by Gasteiger charge is -2.22. The third-order valence-electron chi connectivity index (χ3n) is 6.50. The number of rotatable bonds is 3. The van der Waals surface area contributed by atoms with Crippen molar-refractivity contribution < 1.29 is 28.3 Å². The fourth-order valence-electron chi connectivity index (χ4n) is 5.22. The SMILES string of the molecule is O=[N+]([O-])c1ccc([C@H]2CC3CC2c2c3c(O)n(-c3cccc(C(F)(F)F)c3)c2O)cc1. The highest BCUT2D eigenvalue weighted by molar-refractivity contribution is 5.61. The molecule has 0 spiro atoms. The van der Waals surface area contributed by atoms with E-state index in [1.807, 2.05) is 0 Å². The molecule has 1 aromatic heterocycles. The van der Waals surface area contributed by atoms with Crippen LogP contribution in [0.1, 0.15) is 52.8 Å². The number of halogens is 3. The van der Waals surface area contributed by atoms with Crippen LogP contribution in [-0.4, -0.2) is 19.7 Å². The monoisotopic (exact) mass is 430 g/mol. The van der Waals surface area contributed by atoms with Gasteiger partial charge in [-0.05, 0) is 54.4 Å². The number of nitro groups is 1. The van der Waals surface area contributed by atoms with Gasteiger partial charge in [-0.2, -0.15) is 13.2 Å². The predicted octanol–water partition coefficient (Wildman–Crippen LogP) is 5.57. The van der Waals surface area contributed by atoms with E-state index < -0.39 is 16.7 Å². The Kier molecular flexibility index (Phi) is 4.08. The number of non-ortho nitro benzene ring substituents is 1. The molecule has 2 bridgehead atoms. The van der Waals surface area contributed by atoms with Gasteiger partial charge < -0.3 is 10.2 Å². The van der Waals surface area contributed by atoms with Crippen molar-refractivity contribution in [2.45, 2.75) is 36.8 Å². The van der Waals surface area contributed by atoms with Crippen molar-refractivity contribution in [1.82, 2.24) is 4.57 Å². The highest BCUT2D eigenvalue weighted by Crippen LogP contribution is 2.65. The fraction of sp³-hybridized carbons (Fsp3) is 0.273. The second-order valence-electron chi connectivity index (χ2n) is 8.09. The van der Waals surface area contributed by atoms with Crippen molar-refractivity contribution in [2.75, 3.05) is 0 Å². The number of aromatic hydroxyl groups is 2. The summed E-state index contributed by atoms with van der Waals surface area (Å²) in [5.41, 5.74) is 1.18. The van der Waals surface area contributed by atoms with Crippen LogP contribution in [0.2, 0.25) is 0 Å². The van der Waals surface area contributed by atoms with E-state index in [9.17, 15) is 33.5 Å². The van der Waals surface area contributed by atoms with Gasteiger partial charge in [-0.3, -0.25) is 14.7 Å². The molecule has 2 unspecified atom stereocenters. The van der Waals surface area contributed by atoms with Gasteiger partial charge in [0.1, 0.15) is 0 Å².